The SMILES string of the molecule is O=C(NCC(c1cccnc1)c1c[nH]c2ccccc12)Nc1ccccc1Cl. The molecule has 28 heavy (non-hydrogen) atoms. The number of halogens is 1. The molecule has 4 aromatic rings. The normalized spacial score (nSPS) is 11.9. The van der Waals surface area contributed by atoms with Gasteiger partial charge in [0.15, 0.2) is 0 Å². The van der Waals surface area contributed by atoms with Crippen molar-refractivity contribution in [1.29, 1.82) is 0 Å². The number of carbonyl (C=O) groups is 1. The Bertz CT molecular complexity index is 1090. The molecule has 140 valence electrons. The Balaban J connectivity index is 1.57. The number of anilines is 1. The maximum Gasteiger partial charge on any atom is 0.319 e. The van der Waals surface area contributed by atoms with Crippen LogP contribution in [0.25, 0.3) is 10.9 Å². The number of para-hydroxylation sites is 2. The Labute approximate surface area is 167 Å². The average Bonchev–Trinajstić information content (AvgIpc) is 3.15. The van der Waals surface area contributed by atoms with Crippen molar-refractivity contribution in [2.24, 2.45) is 0 Å². The van der Waals surface area contributed by atoms with Gasteiger partial charge in [0.25, 0.3) is 0 Å². The fourth-order valence-corrected chi connectivity index (χ4v) is 3.48. The van der Waals surface area contributed by atoms with Crippen LogP contribution in [0, 0.1) is 0 Å². The summed E-state index contributed by atoms with van der Waals surface area (Å²) in [5.41, 5.74) is 3.78. The third-order valence-corrected chi connectivity index (χ3v) is 5.00. The second-order valence-electron chi connectivity index (χ2n) is 6.44. The first-order valence-electron chi connectivity index (χ1n) is 8.97. The molecule has 0 aliphatic heterocycles. The van der Waals surface area contributed by atoms with Gasteiger partial charge in [-0.1, -0.05) is 48.0 Å². The first kappa shape index (κ1) is 18.1. The molecule has 0 bridgehead atoms. The fraction of sp³-hybridized carbons (Fsp3) is 0.0909. The number of aromatic amines is 1. The molecular weight excluding hydrogens is 372 g/mol. The van der Waals surface area contributed by atoms with Crippen LogP contribution in [0.2, 0.25) is 5.02 Å². The molecule has 6 heteroatoms. The van der Waals surface area contributed by atoms with Gasteiger partial charge in [0, 0.05) is 42.0 Å². The molecule has 2 aromatic heterocycles. The van der Waals surface area contributed by atoms with Gasteiger partial charge in [-0.15, -0.1) is 0 Å². The monoisotopic (exact) mass is 390 g/mol. The maximum atomic E-state index is 12.4. The predicted molar refractivity (Wildman–Crippen MR) is 113 cm³/mol. The van der Waals surface area contributed by atoms with E-state index in [2.05, 4.69) is 26.7 Å². The number of fused-ring (bicyclic) bond motifs is 1. The van der Waals surface area contributed by atoms with Crippen LogP contribution >= 0.6 is 11.6 Å². The van der Waals surface area contributed by atoms with Crippen molar-refractivity contribution in [2.45, 2.75) is 5.92 Å². The zero-order chi connectivity index (χ0) is 19.3. The molecule has 0 fully saturated rings. The van der Waals surface area contributed by atoms with E-state index in [4.69, 9.17) is 11.6 Å². The lowest BCUT2D eigenvalue weighted by atomic mass is 9.92. The number of aromatic nitrogens is 2. The zero-order valence-electron chi connectivity index (χ0n) is 15.0. The zero-order valence-corrected chi connectivity index (χ0v) is 15.8. The number of H-pyrrole nitrogens is 1. The van der Waals surface area contributed by atoms with Crippen LogP contribution in [0.3, 0.4) is 0 Å². The number of urea groups is 1. The topological polar surface area (TPSA) is 69.8 Å². The van der Waals surface area contributed by atoms with E-state index in [1.165, 1.54) is 0 Å². The Morgan fingerprint density at radius 1 is 1.07 bits per heavy atom. The number of nitrogens with zero attached hydrogens (tertiary/aromatic N) is 1. The van der Waals surface area contributed by atoms with Crippen LogP contribution < -0.4 is 10.6 Å². The van der Waals surface area contributed by atoms with Crippen LogP contribution in [0.5, 0.6) is 0 Å². The minimum atomic E-state index is -0.304. The predicted octanol–water partition coefficient (Wildman–Crippen LogP) is 5.17. The number of rotatable bonds is 5. The number of carbonyl (C=O) groups excluding carboxylic acids is 1. The van der Waals surface area contributed by atoms with Gasteiger partial charge >= 0.3 is 6.03 Å². The van der Waals surface area contributed by atoms with Gasteiger partial charge in [-0.3, -0.25) is 4.98 Å². The molecule has 2 amide bonds. The molecule has 2 heterocycles. The van der Waals surface area contributed by atoms with E-state index >= 15 is 0 Å². The van der Waals surface area contributed by atoms with Crippen molar-refractivity contribution < 1.29 is 4.79 Å². The van der Waals surface area contributed by atoms with Crippen LogP contribution in [0.4, 0.5) is 10.5 Å². The average molecular weight is 391 g/mol. The molecule has 3 N–H and O–H groups in total. The van der Waals surface area contributed by atoms with E-state index in [9.17, 15) is 4.79 Å². The highest BCUT2D eigenvalue weighted by molar-refractivity contribution is 6.33. The molecular formula is C22H19ClN4O. The molecule has 2 aromatic carbocycles. The van der Waals surface area contributed by atoms with Crippen molar-refractivity contribution in [3.8, 4) is 0 Å². The summed E-state index contributed by atoms with van der Waals surface area (Å²) in [6.45, 7) is 0.420. The second-order valence-corrected chi connectivity index (χ2v) is 6.85. The first-order chi connectivity index (χ1) is 13.7. The summed E-state index contributed by atoms with van der Waals surface area (Å²) in [5.74, 6) is -0.0400. The molecule has 0 aliphatic carbocycles. The Morgan fingerprint density at radius 2 is 1.89 bits per heavy atom. The molecule has 1 atom stereocenters. The van der Waals surface area contributed by atoms with Crippen LogP contribution in [0.1, 0.15) is 17.0 Å². The number of hydrogen-bond donors (Lipinski definition) is 3. The van der Waals surface area contributed by atoms with Crippen molar-refractivity contribution in [2.75, 3.05) is 11.9 Å². The Morgan fingerprint density at radius 3 is 2.71 bits per heavy atom. The van der Waals surface area contributed by atoms with E-state index in [0.29, 0.717) is 17.3 Å². The highest BCUT2D eigenvalue weighted by Crippen LogP contribution is 2.30. The third kappa shape index (κ3) is 3.85. The molecule has 0 aliphatic rings. The molecule has 5 nitrogen and oxygen atoms in total. The van der Waals surface area contributed by atoms with Gasteiger partial charge in [-0.05, 0) is 35.4 Å². The molecule has 1 unspecified atom stereocenters. The van der Waals surface area contributed by atoms with Crippen molar-refractivity contribution >= 4 is 34.2 Å². The third-order valence-electron chi connectivity index (χ3n) is 4.67. The molecule has 0 radical (unpaired) electrons. The fourth-order valence-electron chi connectivity index (χ4n) is 3.30. The molecule has 0 saturated carbocycles. The summed E-state index contributed by atoms with van der Waals surface area (Å²) < 4.78 is 0. The maximum absolute atomic E-state index is 12.4. The first-order valence-corrected chi connectivity index (χ1v) is 9.35. The number of nitrogens with one attached hydrogen (secondary N) is 3. The summed E-state index contributed by atoms with van der Waals surface area (Å²) in [4.78, 5) is 20.0. The standard InChI is InChI=1S/C22H19ClN4O/c23-19-8-2-4-10-21(19)27-22(28)26-13-17(15-6-5-11-24-12-15)18-14-25-20-9-3-1-7-16(18)20/h1-12,14,17,25H,13H2,(H2,26,27,28). The van der Waals surface area contributed by atoms with Gasteiger partial charge < -0.3 is 15.6 Å². The summed E-state index contributed by atoms with van der Waals surface area (Å²) in [7, 11) is 0. The van der Waals surface area contributed by atoms with Crippen LogP contribution in [-0.2, 0) is 0 Å². The smallest absolute Gasteiger partial charge is 0.319 e. The lowest BCUT2D eigenvalue weighted by Crippen LogP contribution is -2.32. The van der Waals surface area contributed by atoms with Gasteiger partial charge in [-0.2, -0.15) is 0 Å². The number of hydrogen-bond acceptors (Lipinski definition) is 2. The van der Waals surface area contributed by atoms with Crippen molar-refractivity contribution in [3.63, 3.8) is 0 Å². The Hall–Kier alpha value is -3.31. The van der Waals surface area contributed by atoms with Crippen molar-refractivity contribution in [1.82, 2.24) is 15.3 Å². The molecule has 0 saturated heterocycles. The highest BCUT2D eigenvalue weighted by atomic mass is 35.5. The highest BCUT2D eigenvalue weighted by Gasteiger charge is 2.19. The summed E-state index contributed by atoms with van der Waals surface area (Å²) in [5, 5.41) is 7.38. The number of benzene rings is 2. The summed E-state index contributed by atoms with van der Waals surface area (Å²) in [6, 6.07) is 18.9. The summed E-state index contributed by atoms with van der Waals surface area (Å²) in [6.07, 6.45) is 5.57. The van der Waals surface area contributed by atoms with Gasteiger partial charge in [0.05, 0.1) is 10.7 Å². The minimum absolute atomic E-state index is 0.0400. The lowest BCUT2D eigenvalue weighted by Gasteiger charge is -2.18. The quantitative estimate of drug-likeness (QED) is 0.440. The van der Waals surface area contributed by atoms with E-state index < -0.39 is 0 Å². The van der Waals surface area contributed by atoms with Crippen LogP contribution in [-0.4, -0.2) is 22.5 Å². The lowest BCUT2D eigenvalue weighted by molar-refractivity contribution is 0.252. The molecule has 4 rings (SSSR count). The number of pyridine rings is 1. The van der Waals surface area contributed by atoms with Crippen LogP contribution in [0.15, 0.2) is 79.3 Å². The van der Waals surface area contributed by atoms with Gasteiger partial charge in [-0.25, -0.2) is 4.79 Å². The van der Waals surface area contributed by atoms with Crippen molar-refractivity contribution in [3.05, 3.63) is 95.4 Å². The van der Waals surface area contributed by atoms with E-state index in [0.717, 1.165) is 22.0 Å². The Kier molecular flexibility index (Phi) is 5.26. The second kappa shape index (κ2) is 8.15. The van der Waals surface area contributed by atoms with E-state index in [1.807, 2.05) is 54.9 Å². The van der Waals surface area contributed by atoms with Gasteiger partial charge in [0.2, 0.25) is 0 Å². The van der Waals surface area contributed by atoms with Gasteiger partial charge in [0.1, 0.15) is 0 Å². The summed E-state index contributed by atoms with van der Waals surface area (Å²) >= 11 is 6.12. The number of amides is 2. The molecule has 0 spiro atoms. The minimum Gasteiger partial charge on any atom is -0.361 e. The van der Waals surface area contributed by atoms with E-state index in [1.54, 1.807) is 18.3 Å². The largest absolute Gasteiger partial charge is 0.361 e. The van der Waals surface area contributed by atoms with E-state index in [-0.39, 0.29) is 11.9 Å².